The third kappa shape index (κ3) is 4.64. The van der Waals surface area contributed by atoms with Gasteiger partial charge in [0.1, 0.15) is 0 Å². The number of carbonyl (C=O) groups is 1. The number of nitrogens with zero attached hydrogens (tertiary/aromatic N) is 2. The summed E-state index contributed by atoms with van der Waals surface area (Å²) in [6.45, 7) is 6.50. The summed E-state index contributed by atoms with van der Waals surface area (Å²) in [5, 5.41) is 3.09. The van der Waals surface area contributed by atoms with Crippen LogP contribution < -0.4 is 15.1 Å². The Balaban J connectivity index is 1.38. The molecule has 1 N–H and O–H groups in total. The van der Waals surface area contributed by atoms with E-state index in [-0.39, 0.29) is 5.91 Å². The number of hydrogen-bond donors (Lipinski definition) is 1. The van der Waals surface area contributed by atoms with E-state index < -0.39 is 0 Å². The highest BCUT2D eigenvalue weighted by atomic mass is 16.5. The lowest BCUT2D eigenvalue weighted by Crippen LogP contribution is -2.36. The lowest BCUT2D eigenvalue weighted by atomic mass is 10.1. The van der Waals surface area contributed by atoms with E-state index in [0.717, 1.165) is 69.5 Å². The topological polar surface area (TPSA) is 54.0 Å². The van der Waals surface area contributed by atoms with Gasteiger partial charge in [-0.2, -0.15) is 0 Å². The molecule has 28 heavy (non-hydrogen) atoms. The minimum absolute atomic E-state index is 0.000156. The molecule has 2 aromatic carbocycles. The predicted molar refractivity (Wildman–Crippen MR) is 111 cm³/mol. The molecule has 2 heterocycles. The number of nitrogens with one attached hydrogen (secondary N) is 1. The van der Waals surface area contributed by atoms with Crippen LogP contribution in [-0.4, -0.2) is 58.5 Å². The Morgan fingerprint density at radius 2 is 1.43 bits per heavy atom. The highest BCUT2D eigenvalue weighted by molar-refractivity contribution is 5.95. The number of carbonyl (C=O) groups excluding carboxylic acids is 1. The number of para-hydroxylation sites is 2. The fourth-order valence-electron chi connectivity index (χ4n) is 3.69. The minimum Gasteiger partial charge on any atom is -0.378 e. The zero-order valence-electron chi connectivity index (χ0n) is 16.1. The number of hydrogen-bond acceptors (Lipinski definition) is 5. The van der Waals surface area contributed by atoms with Crippen LogP contribution in [0, 0.1) is 0 Å². The van der Waals surface area contributed by atoms with E-state index in [0.29, 0.717) is 6.42 Å². The van der Waals surface area contributed by atoms with Crippen molar-refractivity contribution in [2.75, 3.05) is 67.7 Å². The van der Waals surface area contributed by atoms with Crippen molar-refractivity contribution in [1.82, 2.24) is 0 Å². The molecule has 2 aliphatic heterocycles. The minimum atomic E-state index is -0.000156. The number of anilines is 3. The smallest absolute Gasteiger partial charge is 0.228 e. The third-order valence-corrected chi connectivity index (χ3v) is 5.21. The van der Waals surface area contributed by atoms with E-state index in [1.807, 2.05) is 30.3 Å². The van der Waals surface area contributed by atoms with Gasteiger partial charge in [-0.1, -0.05) is 24.3 Å². The van der Waals surface area contributed by atoms with Crippen molar-refractivity contribution in [3.8, 4) is 0 Å². The molecule has 4 rings (SSSR count). The summed E-state index contributed by atoms with van der Waals surface area (Å²) in [7, 11) is 0. The fourth-order valence-corrected chi connectivity index (χ4v) is 3.69. The Morgan fingerprint density at radius 3 is 2.11 bits per heavy atom. The molecule has 2 fully saturated rings. The summed E-state index contributed by atoms with van der Waals surface area (Å²) in [6.07, 6.45) is 0.362. The summed E-state index contributed by atoms with van der Waals surface area (Å²) < 4.78 is 10.8. The molecule has 0 saturated carbocycles. The molecule has 0 spiro atoms. The molecule has 0 atom stereocenters. The summed E-state index contributed by atoms with van der Waals surface area (Å²) >= 11 is 0. The maximum Gasteiger partial charge on any atom is 0.228 e. The van der Waals surface area contributed by atoms with Gasteiger partial charge in [-0.3, -0.25) is 4.79 Å². The van der Waals surface area contributed by atoms with Crippen molar-refractivity contribution in [2.45, 2.75) is 6.42 Å². The number of rotatable bonds is 5. The molecule has 148 valence electrons. The first-order valence-corrected chi connectivity index (χ1v) is 9.93. The van der Waals surface area contributed by atoms with E-state index in [1.54, 1.807) is 0 Å². The molecule has 0 aliphatic carbocycles. The second-order valence-electron chi connectivity index (χ2n) is 7.11. The zero-order chi connectivity index (χ0) is 19.2. The highest BCUT2D eigenvalue weighted by Crippen LogP contribution is 2.26. The summed E-state index contributed by atoms with van der Waals surface area (Å²) in [5.74, 6) is -0.000156. The number of amides is 1. The SMILES string of the molecule is O=C(Cc1ccc(N2CCOCC2)cc1)Nc1ccccc1N1CCOCC1. The molecule has 0 unspecified atom stereocenters. The quantitative estimate of drug-likeness (QED) is 0.863. The Morgan fingerprint density at radius 1 is 0.821 bits per heavy atom. The Labute approximate surface area is 166 Å². The molecule has 2 saturated heterocycles. The van der Waals surface area contributed by atoms with Crippen LogP contribution in [0.15, 0.2) is 48.5 Å². The van der Waals surface area contributed by atoms with E-state index >= 15 is 0 Å². The number of benzene rings is 2. The van der Waals surface area contributed by atoms with Crippen LogP contribution in [0.25, 0.3) is 0 Å². The first-order chi connectivity index (χ1) is 13.8. The van der Waals surface area contributed by atoms with Gasteiger partial charge in [-0.15, -0.1) is 0 Å². The maximum atomic E-state index is 12.6. The van der Waals surface area contributed by atoms with Crippen molar-refractivity contribution in [3.63, 3.8) is 0 Å². The van der Waals surface area contributed by atoms with E-state index in [1.165, 1.54) is 5.69 Å². The summed E-state index contributed by atoms with van der Waals surface area (Å²) in [6, 6.07) is 16.2. The second-order valence-corrected chi connectivity index (χ2v) is 7.11. The average Bonchev–Trinajstić information content (AvgIpc) is 2.76. The van der Waals surface area contributed by atoms with E-state index in [2.05, 4.69) is 33.3 Å². The van der Waals surface area contributed by atoms with Crippen LogP contribution in [0.4, 0.5) is 17.1 Å². The Bertz CT molecular complexity index is 782. The van der Waals surface area contributed by atoms with Crippen molar-refractivity contribution in [3.05, 3.63) is 54.1 Å². The highest BCUT2D eigenvalue weighted by Gasteiger charge is 2.16. The first-order valence-electron chi connectivity index (χ1n) is 9.93. The van der Waals surface area contributed by atoms with Crippen LogP contribution in [0.5, 0.6) is 0 Å². The predicted octanol–water partition coefficient (Wildman–Crippen LogP) is 2.54. The van der Waals surface area contributed by atoms with E-state index in [4.69, 9.17) is 9.47 Å². The van der Waals surface area contributed by atoms with Gasteiger partial charge in [0, 0.05) is 31.9 Å². The largest absolute Gasteiger partial charge is 0.378 e. The lowest BCUT2D eigenvalue weighted by Gasteiger charge is -2.30. The molecule has 0 bridgehead atoms. The van der Waals surface area contributed by atoms with Crippen LogP contribution in [0.3, 0.4) is 0 Å². The lowest BCUT2D eigenvalue weighted by molar-refractivity contribution is -0.115. The van der Waals surface area contributed by atoms with Gasteiger partial charge < -0.3 is 24.6 Å². The van der Waals surface area contributed by atoms with E-state index in [9.17, 15) is 4.79 Å². The van der Waals surface area contributed by atoms with Gasteiger partial charge in [-0.25, -0.2) is 0 Å². The monoisotopic (exact) mass is 381 g/mol. The molecule has 6 nitrogen and oxygen atoms in total. The van der Waals surface area contributed by atoms with Crippen LogP contribution >= 0.6 is 0 Å². The molecule has 0 aromatic heterocycles. The van der Waals surface area contributed by atoms with Crippen molar-refractivity contribution < 1.29 is 14.3 Å². The summed E-state index contributed by atoms with van der Waals surface area (Å²) in [4.78, 5) is 17.2. The number of morpholine rings is 2. The average molecular weight is 381 g/mol. The molecular weight excluding hydrogens is 354 g/mol. The molecule has 1 amide bonds. The van der Waals surface area contributed by atoms with Crippen LogP contribution in [0.2, 0.25) is 0 Å². The first kappa shape index (κ1) is 18.8. The summed E-state index contributed by atoms with van der Waals surface area (Å²) in [5.41, 5.74) is 4.12. The van der Waals surface area contributed by atoms with Gasteiger partial charge in [0.25, 0.3) is 0 Å². The third-order valence-electron chi connectivity index (χ3n) is 5.21. The van der Waals surface area contributed by atoms with Gasteiger partial charge in [-0.05, 0) is 29.8 Å². The van der Waals surface area contributed by atoms with Gasteiger partial charge in [0.15, 0.2) is 0 Å². The molecule has 2 aliphatic rings. The molecular formula is C22H27N3O3. The van der Waals surface area contributed by atoms with Gasteiger partial charge in [0.05, 0.1) is 44.2 Å². The van der Waals surface area contributed by atoms with Gasteiger partial charge in [0.2, 0.25) is 5.91 Å². The fraction of sp³-hybridized carbons (Fsp3) is 0.409. The number of ether oxygens (including phenoxy) is 2. The molecule has 2 aromatic rings. The maximum absolute atomic E-state index is 12.6. The van der Waals surface area contributed by atoms with Crippen molar-refractivity contribution in [1.29, 1.82) is 0 Å². The Hall–Kier alpha value is -2.57. The second kappa shape index (κ2) is 9.08. The normalized spacial score (nSPS) is 17.4. The van der Waals surface area contributed by atoms with Crippen LogP contribution in [0.1, 0.15) is 5.56 Å². The Kier molecular flexibility index (Phi) is 6.09. The van der Waals surface area contributed by atoms with Gasteiger partial charge >= 0.3 is 0 Å². The van der Waals surface area contributed by atoms with Crippen molar-refractivity contribution >= 4 is 23.0 Å². The van der Waals surface area contributed by atoms with Crippen molar-refractivity contribution in [2.24, 2.45) is 0 Å². The van der Waals surface area contributed by atoms with Crippen LogP contribution in [-0.2, 0) is 20.7 Å². The molecule has 6 heteroatoms. The zero-order valence-corrected chi connectivity index (χ0v) is 16.1. The molecule has 0 radical (unpaired) electrons. The standard InChI is InChI=1S/C22H27N3O3/c26-22(17-18-5-7-19(8-6-18)24-9-13-27-14-10-24)23-20-3-1-2-4-21(20)25-11-15-28-16-12-25/h1-8H,9-17H2,(H,23,26).